The molecular formula is C39H35F2N3O8P+. The Balaban J connectivity index is 1.35. The predicted octanol–water partition coefficient (Wildman–Crippen LogP) is 6.96. The van der Waals surface area contributed by atoms with E-state index >= 15 is 0 Å². The number of rotatable bonds is 13. The van der Waals surface area contributed by atoms with Gasteiger partial charge in [0.15, 0.2) is 0 Å². The van der Waals surface area contributed by atoms with Gasteiger partial charge < -0.3 is 24.4 Å². The summed E-state index contributed by atoms with van der Waals surface area (Å²) in [6, 6.07) is 32.3. The number of ether oxygens (including phenoxy) is 2. The van der Waals surface area contributed by atoms with Crippen LogP contribution in [0.3, 0.4) is 0 Å². The van der Waals surface area contributed by atoms with Crippen LogP contribution in [-0.4, -0.2) is 43.2 Å². The van der Waals surface area contributed by atoms with Crippen molar-refractivity contribution < 1.29 is 52.0 Å². The molecule has 11 nitrogen and oxygen atoms in total. The van der Waals surface area contributed by atoms with Gasteiger partial charge in [0.25, 0.3) is 5.54 Å². The highest BCUT2D eigenvalue weighted by atomic mass is 31.2. The third kappa shape index (κ3) is 7.45. The van der Waals surface area contributed by atoms with Crippen LogP contribution >= 0.6 is 7.60 Å². The van der Waals surface area contributed by atoms with Gasteiger partial charge in [-0.2, -0.15) is 8.78 Å². The Hall–Kier alpha value is -5.75. The molecule has 5 aromatic carbocycles. The summed E-state index contributed by atoms with van der Waals surface area (Å²) < 4.78 is 54.0. The fraction of sp³-hybridized carbons (Fsp3) is 0.179. The predicted molar refractivity (Wildman–Crippen MR) is 190 cm³/mol. The molecule has 0 saturated heterocycles. The van der Waals surface area contributed by atoms with Crippen molar-refractivity contribution in [2.45, 2.75) is 44.2 Å². The van der Waals surface area contributed by atoms with E-state index in [1.54, 1.807) is 97.4 Å². The summed E-state index contributed by atoms with van der Waals surface area (Å²) in [5, 5.41) is 17.0. The number of carboxylic acid groups (broad SMARTS) is 1. The normalized spacial score (nSPS) is 13.1. The van der Waals surface area contributed by atoms with Crippen molar-refractivity contribution in [2.24, 2.45) is 0 Å². The second-order valence-corrected chi connectivity index (χ2v) is 14.3. The molecule has 1 aromatic heterocycles. The van der Waals surface area contributed by atoms with E-state index in [4.69, 9.17) is 9.47 Å². The molecule has 0 spiro atoms. The Labute approximate surface area is 302 Å². The number of carbonyl (C=O) groups is 2. The zero-order chi connectivity index (χ0) is 38.0. The van der Waals surface area contributed by atoms with E-state index in [9.17, 15) is 37.8 Å². The SMILES string of the molecule is CC(C)Oc1cc(-c2ccc(COC(=O)C(Cc3ccc(C(F)(F)P(=O)(O)O)cc3)(c3ccccc3)[n+]3[nH]nc4ccccc43)cc2)ccc1C(=O)O. The summed E-state index contributed by atoms with van der Waals surface area (Å²) in [5.74, 6) is -1.55. The number of hydrogen-bond acceptors (Lipinski definition) is 6. The highest BCUT2D eigenvalue weighted by molar-refractivity contribution is 7.52. The van der Waals surface area contributed by atoms with Gasteiger partial charge in [-0.15, -0.1) is 4.68 Å². The Morgan fingerprint density at radius 2 is 1.45 bits per heavy atom. The second-order valence-electron chi connectivity index (χ2n) is 12.7. The number of carbonyl (C=O) groups excluding carboxylic acids is 1. The molecule has 0 aliphatic heterocycles. The van der Waals surface area contributed by atoms with Crippen LogP contribution in [0.1, 0.15) is 46.5 Å². The Morgan fingerprint density at radius 1 is 0.830 bits per heavy atom. The molecule has 6 rings (SSSR count). The molecule has 0 saturated carbocycles. The number of nitrogens with one attached hydrogen (secondary N) is 1. The quantitative estimate of drug-likeness (QED) is 0.0557. The lowest BCUT2D eigenvalue weighted by Gasteiger charge is -2.29. The number of fused-ring (bicyclic) bond motifs is 1. The van der Waals surface area contributed by atoms with Gasteiger partial charge in [-0.05, 0) is 60.4 Å². The van der Waals surface area contributed by atoms with Crippen molar-refractivity contribution in [3.8, 4) is 16.9 Å². The molecule has 4 N–H and O–H groups in total. The number of aromatic nitrogens is 3. The minimum atomic E-state index is -5.80. The summed E-state index contributed by atoms with van der Waals surface area (Å²) >= 11 is 0. The third-order valence-corrected chi connectivity index (χ3v) is 9.71. The molecule has 1 heterocycles. The molecule has 0 aliphatic carbocycles. The van der Waals surface area contributed by atoms with Gasteiger partial charge in [-0.25, -0.2) is 9.59 Å². The largest absolute Gasteiger partial charge is 0.490 e. The average Bonchev–Trinajstić information content (AvgIpc) is 3.57. The number of carboxylic acids is 1. The maximum atomic E-state index is 14.7. The van der Waals surface area contributed by atoms with Gasteiger partial charge in [0.1, 0.15) is 17.9 Å². The van der Waals surface area contributed by atoms with Crippen molar-refractivity contribution in [1.82, 2.24) is 10.3 Å². The number of esters is 1. The molecular weight excluding hydrogens is 707 g/mol. The number of nitrogens with zero attached hydrogens (tertiary/aromatic N) is 2. The Kier molecular flexibility index (Phi) is 10.3. The lowest BCUT2D eigenvalue weighted by atomic mass is 9.83. The van der Waals surface area contributed by atoms with Gasteiger partial charge in [-0.1, -0.05) is 102 Å². The zero-order valence-corrected chi connectivity index (χ0v) is 29.4. The molecule has 1 unspecified atom stereocenters. The van der Waals surface area contributed by atoms with Crippen LogP contribution in [0.2, 0.25) is 0 Å². The average molecular weight is 743 g/mol. The molecule has 0 aliphatic rings. The highest BCUT2D eigenvalue weighted by Crippen LogP contribution is 2.59. The Bertz CT molecular complexity index is 2310. The minimum absolute atomic E-state index is 0.0471. The number of aromatic carboxylic acids is 1. The fourth-order valence-electron chi connectivity index (χ4n) is 6.08. The van der Waals surface area contributed by atoms with E-state index in [1.807, 2.05) is 12.1 Å². The first kappa shape index (κ1) is 37.0. The van der Waals surface area contributed by atoms with Gasteiger partial charge in [0.2, 0.25) is 11.0 Å². The standard InChI is InChI=1S/C39H34F2N3O8P/c1-25(2)52-35-22-29(18-21-32(35)36(45)46)28-16-12-27(13-17-28)24-51-37(47)38(30-8-4-3-5-9-30,44-34-11-7-6-10-33(34)42-43-44)23-26-14-19-31(20-15-26)39(40,41)53(48,49)50/h3-22,25H,23-24H2,1-2H3,(H3,45,46,48,49,50)/p+1. The van der Waals surface area contributed by atoms with Crippen LogP contribution in [0.15, 0.2) is 121 Å². The van der Waals surface area contributed by atoms with Gasteiger partial charge in [0, 0.05) is 22.6 Å². The molecule has 6 aromatic rings. The molecule has 0 amide bonds. The lowest BCUT2D eigenvalue weighted by molar-refractivity contribution is -0.771. The Morgan fingerprint density at radius 3 is 2.09 bits per heavy atom. The number of alkyl halides is 2. The van der Waals surface area contributed by atoms with E-state index in [2.05, 4.69) is 10.3 Å². The van der Waals surface area contributed by atoms with E-state index in [0.717, 1.165) is 23.3 Å². The topological polar surface area (TPSA) is 163 Å². The van der Waals surface area contributed by atoms with Crippen LogP contribution in [-0.2, 0) is 38.3 Å². The van der Waals surface area contributed by atoms with Crippen LogP contribution in [0.5, 0.6) is 5.75 Å². The summed E-state index contributed by atoms with van der Waals surface area (Å²) in [4.78, 5) is 44.9. The maximum Gasteiger partial charge on any atom is 0.399 e. The van der Waals surface area contributed by atoms with Crippen LogP contribution in [0, 0.1) is 0 Å². The van der Waals surface area contributed by atoms with E-state index in [-0.39, 0.29) is 30.4 Å². The molecule has 272 valence electrons. The first-order valence-electron chi connectivity index (χ1n) is 16.5. The van der Waals surface area contributed by atoms with Gasteiger partial charge in [-0.3, -0.25) is 4.57 Å². The molecule has 0 radical (unpaired) electrons. The monoisotopic (exact) mass is 742 g/mol. The number of halogens is 2. The van der Waals surface area contributed by atoms with E-state index in [0.29, 0.717) is 27.7 Å². The second kappa shape index (κ2) is 14.7. The van der Waals surface area contributed by atoms with Gasteiger partial charge >= 0.3 is 25.2 Å². The number of benzene rings is 5. The van der Waals surface area contributed by atoms with Crippen LogP contribution in [0.4, 0.5) is 8.78 Å². The summed E-state index contributed by atoms with van der Waals surface area (Å²) in [6.07, 6.45) is -0.362. The molecule has 0 fully saturated rings. The minimum Gasteiger partial charge on any atom is -0.490 e. The van der Waals surface area contributed by atoms with Crippen molar-refractivity contribution in [3.05, 3.63) is 149 Å². The summed E-state index contributed by atoms with van der Waals surface area (Å²) in [7, 11) is -5.80. The van der Waals surface area contributed by atoms with Crippen molar-refractivity contribution in [2.75, 3.05) is 0 Å². The summed E-state index contributed by atoms with van der Waals surface area (Å²) in [5.41, 5.74) is -2.76. The molecule has 53 heavy (non-hydrogen) atoms. The summed E-state index contributed by atoms with van der Waals surface area (Å²) in [6.45, 7) is 3.47. The van der Waals surface area contributed by atoms with Crippen LogP contribution in [0.25, 0.3) is 22.2 Å². The number of aromatic amines is 1. The molecule has 14 heteroatoms. The number of hydrogen-bond donors (Lipinski definition) is 4. The highest BCUT2D eigenvalue weighted by Gasteiger charge is 2.52. The third-order valence-electron chi connectivity index (χ3n) is 8.72. The van der Waals surface area contributed by atoms with E-state index in [1.165, 1.54) is 18.2 Å². The molecule has 0 bridgehead atoms. The smallest absolute Gasteiger partial charge is 0.399 e. The maximum absolute atomic E-state index is 14.7. The van der Waals surface area contributed by atoms with Crippen molar-refractivity contribution in [3.63, 3.8) is 0 Å². The van der Waals surface area contributed by atoms with Crippen molar-refractivity contribution >= 4 is 30.6 Å². The van der Waals surface area contributed by atoms with Gasteiger partial charge in [0.05, 0.1) is 6.10 Å². The van der Waals surface area contributed by atoms with E-state index < -0.39 is 36.3 Å². The van der Waals surface area contributed by atoms with Crippen molar-refractivity contribution in [1.29, 1.82) is 0 Å². The molecule has 1 atom stereocenters. The zero-order valence-electron chi connectivity index (χ0n) is 28.5. The number of para-hydroxylation sites is 2. The fourth-order valence-corrected chi connectivity index (χ4v) is 6.57. The van der Waals surface area contributed by atoms with Crippen LogP contribution < -0.4 is 9.42 Å². The first-order valence-corrected chi connectivity index (χ1v) is 18.1. The first-order chi connectivity index (χ1) is 25.2. The number of H-pyrrole nitrogens is 1. The lowest BCUT2D eigenvalue weighted by Crippen LogP contribution is -2.65.